The maximum atomic E-state index is 16.9. The predicted octanol–water partition coefficient (Wildman–Crippen LogP) is 11.7. The van der Waals surface area contributed by atoms with Crippen LogP contribution < -0.4 is 5.32 Å². The van der Waals surface area contributed by atoms with E-state index in [1.165, 1.54) is 29.4 Å². The van der Waals surface area contributed by atoms with Crippen molar-refractivity contribution in [1.82, 2.24) is 5.32 Å². The zero-order chi connectivity index (χ0) is 63.5. The van der Waals surface area contributed by atoms with Crippen molar-refractivity contribution in [2.75, 3.05) is 7.05 Å². The molecule has 0 radical (unpaired) electrons. The highest BCUT2D eigenvalue weighted by Crippen LogP contribution is 2.90. The number of benzene rings is 3. The Balaban J connectivity index is 0.872. The summed E-state index contributed by atoms with van der Waals surface area (Å²) < 4.78 is 15.4. The highest BCUT2D eigenvalue weighted by Gasteiger charge is 2.94. The van der Waals surface area contributed by atoms with Crippen LogP contribution >= 0.6 is 0 Å². The van der Waals surface area contributed by atoms with Crippen LogP contribution in [-0.4, -0.2) is 91.6 Å². The summed E-state index contributed by atoms with van der Waals surface area (Å²) in [6.45, 7) is 2.35. The number of hydrogen-bond acceptors (Lipinski definition) is 10. The smallest absolute Gasteiger partial charge is 0.331 e. The lowest BCUT2D eigenvalue weighted by molar-refractivity contribution is -0.450. The van der Waals surface area contributed by atoms with E-state index in [-0.39, 0.29) is 89.8 Å². The first-order chi connectivity index (χ1) is 45.5. The summed E-state index contributed by atoms with van der Waals surface area (Å²) in [5.41, 5.74) is -4.27. The van der Waals surface area contributed by atoms with E-state index in [0.29, 0.717) is 69.6 Å². The Labute approximate surface area is 556 Å². The first-order valence-corrected chi connectivity index (χ1v) is 38.0. The van der Waals surface area contributed by atoms with Gasteiger partial charge in [-0.1, -0.05) is 104 Å². The molecule has 6 N–H and O–H groups in total. The highest BCUT2D eigenvalue weighted by molar-refractivity contribution is 5.86. The van der Waals surface area contributed by atoms with E-state index >= 15 is 25.2 Å². The molecule has 10 heteroatoms. The maximum Gasteiger partial charge on any atom is 0.331 e. The molecule has 15 aliphatic carbocycles. The van der Waals surface area contributed by atoms with E-state index in [4.69, 9.17) is 9.47 Å². The van der Waals surface area contributed by atoms with Gasteiger partial charge in [-0.15, -0.1) is 5.92 Å². The molecule has 19 bridgehead atoms. The fraction of sp³-hybridized carbons (Fsp3) is 0.690. The topological polar surface area (TPSA) is 166 Å². The number of aliphatic hydroxyl groups excluding tert-OH is 2. The summed E-state index contributed by atoms with van der Waals surface area (Å²) in [6.07, 6.45) is 20.7. The van der Waals surface area contributed by atoms with E-state index in [0.717, 1.165) is 119 Å². The molecule has 13 fully saturated rings. The number of aldehydes is 1. The number of nitrogens with one attached hydrogen (secondary N) is 1. The van der Waals surface area contributed by atoms with E-state index < -0.39 is 85.4 Å². The molecule has 0 aromatic heterocycles. The van der Waals surface area contributed by atoms with Crippen LogP contribution in [0.15, 0.2) is 84.4 Å². The van der Waals surface area contributed by atoms with Crippen molar-refractivity contribution in [3.8, 4) is 23.7 Å². The SMILES string of the molecule is CNC1Cc2c(cccc2CO)C#CC2(CCCC2)CC23CC4C#CCC5C(c6ccccc6)CCC67CCC8C(CC56)C75CC6(C=O)C4C(O)(C(O)C4CC7CCC9(CCC8(Cc8cccc(c8)CC8CCC(C8)C7C)OC95)C46O)C2(O)CC2CC1C1OC(=O)C=C1C23. The number of fused-ring (bicyclic) bond motifs is 3. The second-order valence-electron chi connectivity index (χ2n) is 36.0. The first-order valence-electron chi connectivity index (χ1n) is 38.0. The van der Waals surface area contributed by atoms with Gasteiger partial charge in [0.2, 0.25) is 0 Å². The Morgan fingerprint density at radius 2 is 1.55 bits per heavy atom. The zero-order valence-corrected chi connectivity index (χ0v) is 55.5. The number of esters is 1. The molecule has 22 rings (SSSR count). The third-order valence-electron chi connectivity index (χ3n) is 33.9. The van der Waals surface area contributed by atoms with Gasteiger partial charge in [-0.25, -0.2) is 4.79 Å². The van der Waals surface area contributed by atoms with Crippen molar-refractivity contribution in [1.29, 1.82) is 0 Å². The van der Waals surface area contributed by atoms with Crippen LogP contribution in [0.5, 0.6) is 0 Å². The number of aliphatic hydroxyl groups is 5. The van der Waals surface area contributed by atoms with Gasteiger partial charge in [0.25, 0.3) is 0 Å². The van der Waals surface area contributed by atoms with Crippen LogP contribution in [0.25, 0.3) is 0 Å². The van der Waals surface area contributed by atoms with Gasteiger partial charge in [-0.2, -0.15) is 0 Å². The average Bonchev–Trinajstić information content (AvgIpc) is 0.962. The number of hydrogen-bond donors (Lipinski definition) is 6. The summed E-state index contributed by atoms with van der Waals surface area (Å²) >= 11 is 0. The molecule has 2 saturated heterocycles. The van der Waals surface area contributed by atoms with Gasteiger partial charge in [0, 0.05) is 75.9 Å². The number of carbonyl (C=O) groups excluding carboxylic acids is 2. The second kappa shape index (κ2) is 19.8. The lowest BCUT2D eigenvalue weighted by atomic mass is 9.24. The van der Waals surface area contributed by atoms with E-state index in [1.54, 1.807) is 6.08 Å². The normalized spacial score (nSPS) is 52.4. The Hall–Kier alpha value is -4.62. The lowest BCUT2D eigenvalue weighted by Gasteiger charge is -2.83. The summed E-state index contributed by atoms with van der Waals surface area (Å²) in [5.74, 6) is 14.4. The molecule has 19 aliphatic rings. The highest BCUT2D eigenvalue weighted by atomic mass is 16.5. The number of likely N-dealkylation sites (N-methyl/N-ethyl adjacent to an activating group) is 1. The van der Waals surface area contributed by atoms with E-state index in [2.05, 4.69) is 96.6 Å². The molecular formula is C84H99NO9. The van der Waals surface area contributed by atoms with E-state index in [1.807, 2.05) is 19.2 Å². The van der Waals surface area contributed by atoms with Gasteiger partial charge in [-0.3, -0.25) is 0 Å². The van der Waals surface area contributed by atoms with Crippen molar-refractivity contribution in [2.45, 2.75) is 233 Å². The van der Waals surface area contributed by atoms with Gasteiger partial charge in [0.15, 0.2) is 0 Å². The standard InChI is InChI=1S/C84H99NO9/c1-48-54-20-19-50(35-54)33-49-11-8-12-51(34-49)41-80-32-31-77-28-22-55(48)37-67-73(89)83(91)72-56(16-10-18-60-59(52-13-4-3-5-14-52)23-29-76-30-24-64(80)66(40-65(60)76)81(76,74(77)94-80)46-79(72,47-87)84(67,77)92)42-78-45-75(25-6-7-26-75)27-21-53-15-9-17-57(44-86)61(53)38-68(85-2)62-36-58(43-82(78,83)90)70(78)63-39-69(88)93-71(62)63/h3-5,8-9,11-15,17,34,39,47-48,50,54-56,58-60,62,64-68,70-74,85-86,89-92H,6-7,18-20,22-26,28-33,35-38,40-46H2,1-2H3. The number of ether oxygens (including phenoxy) is 2. The van der Waals surface area contributed by atoms with Crippen LogP contribution in [0, 0.1) is 139 Å². The lowest BCUT2D eigenvalue weighted by Crippen LogP contribution is -2.92. The number of carbonyl (C=O) groups is 2. The molecule has 28 unspecified atom stereocenters. The van der Waals surface area contributed by atoms with Gasteiger partial charge in [0.1, 0.15) is 23.6 Å². The zero-order valence-electron chi connectivity index (χ0n) is 55.5. The van der Waals surface area contributed by atoms with Crippen LogP contribution in [0.4, 0.5) is 0 Å². The maximum absolute atomic E-state index is 16.9. The van der Waals surface area contributed by atoms with Crippen molar-refractivity contribution in [2.24, 2.45) is 115 Å². The summed E-state index contributed by atoms with van der Waals surface area (Å²) in [6, 6.07) is 26.8. The van der Waals surface area contributed by atoms with Crippen LogP contribution in [-0.2, 0) is 44.9 Å². The molecule has 10 nitrogen and oxygen atoms in total. The molecule has 3 aromatic rings. The van der Waals surface area contributed by atoms with Crippen molar-refractivity contribution >= 4 is 12.3 Å². The summed E-state index contributed by atoms with van der Waals surface area (Å²) in [7, 11) is 1.98. The van der Waals surface area contributed by atoms with Crippen molar-refractivity contribution in [3.05, 3.63) is 118 Å². The Bertz CT molecular complexity index is 3870. The minimum atomic E-state index is -2.36. The molecule has 494 valence electrons. The third kappa shape index (κ3) is 6.95. The molecule has 11 saturated carbocycles. The molecule has 4 heterocycles. The minimum Gasteiger partial charge on any atom is -0.454 e. The van der Waals surface area contributed by atoms with Gasteiger partial charge >= 0.3 is 5.97 Å². The monoisotopic (exact) mass is 1270 g/mol. The summed E-state index contributed by atoms with van der Waals surface area (Å²) in [4.78, 5) is 31.4. The number of rotatable bonds is 4. The molecule has 94 heavy (non-hydrogen) atoms. The quantitative estimate of drug-likeness (QED) is 0.0841. The predicted molar refractivity (Wildman–Crippen MR) is 354 cm³/mol. The van der Waals surface area contributed by atoms with E-state index in [9.17, 15) is 9.90 Å². The largest absolute Gasteiger partial charge is 0.454 e. The molecule has 6 spiro atoms. The fourth-order valence-electron chi connectivity index (χ4n) is 31.1. The minimum absolute atomic E-state index is 0.0685. The van der Waals surface area contributed by atoms with Gasteiger partial charge in [0.05, 0.1) is 35.4 Å². The Morgan fingerprint density at radius 1 is 0.745 bits per heavy atom. The molecule has 0 amide bonds. The van der Waals surface area contributed by atoms with Crippen LogP contribution in [0.2, 0.25) is 0 Å². The third-order valence-corrected chi connectivity index (χ3v) is 33.9. The molecule has 3 aromatic carbocycles. The molecule has 4 aliphatic heterocycles. The second-order valence-corrected chi connectivity index (χ2v) is 36.0. The van der Waals surface area contributed by atoms with Crippen LogP contribution in [0.3, 0.4) is 0 Å². The van der Waals surface area contributed by atoms with Crippen molar-refractivity contribution < 1.29 is 44.6 Å². The summed E-state index contributed by atoms with van der Waals surface area (Å²) in [5, 5.41) is 78.5. The Kier molecular flexibility index (Phi) is 12.6. The average molecular weight is 1270 g/mol. The molecular weight excluding hydrogens is 1170 g/mol. The van der Waals surface area contributed by atoms with Gasteiger partial charge in [-0.05, 0) is 258 Å². The molecule has 28 atom stereocenters. The van der Waals surface area contributed by atoms with Gasteiger partial charge < -0.3 is 45.1 Å². The first kappa shape index (κ1) is 59.4. The fourth-order valence-corrected chi connectivity index (χ4v) is 31.1. The van der Waals surface area contributed by atoms with Crippen LogP contribution in [0.1, 0.15) is 194 Å². The van der Waals surface area contributed by atoms with Crippen molar-refractivity contribution in [3.63, 3.8) is 0 Å². The Morgan fingerprint density at radius 3 is 2.38 bits per heavy atom.